The third kappa shape index (κ3) is 4.47. The van der Waals surface area contributed by atoms with Gasteiger partial charge in [-0.1, -0.05) is 25.1 Å². The second-order valence-electron chi connectivity index (χ2n) is 8.95. The Labute approximate surface area is 185 Å². The van der Waals surface area contributed by atoms with Gasteiger partial charge < -0.3 is 9.80 Å². The highest BCUT2D eigenvalue weighted by atomic mass is 35.5. The van der Waals surface area contributed by atoms with Crippen molar-refractivity contribution < 1.29 is 9.18 Å². The van der Waals surface area contributed by atoms with Crippen LogP contribution in [0.25, 0.3) is 0 Å². The van der Waals surface area contributed by atoms with E-state index >= 15 is 0 Å². The summed E-state index contributed by atoms with van der Waals surface area (Å²) in [4.78, 5) is 19.9. The molecule has 1 unspecified atom stereocenters. The van der Waals surface area contributed by atoms with Crippen molar-refractivity contribution in [3.63, 3.8) is 0 Å². The summed E-state index contributed by atoms with van der Waals surface area (Å²) in [7, 11) is 0. The minimum Gasteiger partial charge on any atom is -0.369 e. The SMILES string of the molecule is CC1CC(C)(C)N(C(=O)CN2CCN(c3ccccc3)CC2)c2ccc(F)cc21.Cl. The van der Waals surface area contributed by atoms with Crippen LogP contribution in [0.5, 0.6) is 0 Å². The standard InChI is InChI=1S/C24H30FN3O.ClH/c1-18-16-24(2,3)28(22-10-9-19(25)15-21(18)22)23(29)17-26-11-13-27(14-12-26)20-7-5-4-6-8-20;/h4-10,15,18H,11-14,16-17H2,1-3H3;1H. The molecule has 6 heteroatoms. The molecular formula is C24H31ClFN3O. The van der Waals surface area contributed by atoms with Crippen molar-refractivity contribution in [1.82, 2.24) is 4.90 Å². The van der Waals surface area contributed by atoms with E-state index in [9.17, 15) is 9.18 Å². The average Bonchev–Trinajstić information content (AvgIpc) is 2.69. The summed E-state index contributed by atoms with van der Waals surface area (Å²) >= 11 is 0. The summed E-state index contributed by atoms with van der Waals surface area (Å²) in [6, 6.07) is 15.2. The van der Waals surface area contributed by atoms with Crippen molar-refractivity contribution in [2.75, 3.05) is 42.5 Å². The molecule has 0 N–H and O–H groups in total. The Morgan fingerprint density at radius 1 is 1.07 bits per heavy atom. The number of hydrogen-bond acceptors (Lipinski definition) is 3. The molecule has 0 spiro atoms. The summed E-state index contributed by atoms with van der Waals surface area (Å²) < 4.78 is 13.8. The number of anilines is 2. The van der Waals surface area contributed by atoms with E-state index in [4.69, 9.17) is 0 Å². The van der Waals surface area contributed by atoms with E-state index in [1.54, 1.807) is 12.1 Å². The fraction of sp³-hybridized carbons (Fsp3) is 0.458. The van der Waals surface area contributed by atoms with Crippen LogP contribution in [-0.4, -0.2) is 49.1 Å². The zero-order valence-electron chi connectivity index (χ0n) is 18.0. The van der Waals surface area contributed by atoms with Gasteiger partial charge in [0, 0.05) is 43.1 Å². The van der Waals surface area contributed by atoms with E-state index in [2.05, 4.69) is 54.8 Å². The van der Waals surface area contributed by atoms with Crippen LogP contribution >= 0.6 is 12.4 Å². The molecule has 162 valence electrons. The first-order valence-corrected chi connectivity index (χ1v) is 10.5. The van der Waals surface area contributed by atoms with E-state index in [0.717, 1.165) is 43.9 Å². The molecule has 4 nitrogen and oxygen atoms in total. The van der Waals surface area contributed by atoms with Gasteiger partial charge in [-0.15, -0.1) is 12.4 Å². The lowest BCUT2D eigenvalue weighted by atomic mass is 9.80. The van der Waals surface area contributed by atoms with Gasteiger partial charge in [0.1, 0.15) is 5.82 Å². The minimum absolute atomic E-state index is 0. The fourth-order valence-corrected chi connectivity index (χ4v) is 4.94. The number of hydrogen-bond donors (Lipinski definition) is 0. The summed E-state index contributed by atoms with van der Waals surface area (Å²) in [6.45, 7) is 10.3. The lowest BCUT2D eigenvalue weighted by Gasteiger charge is -2.47. The van der Waals surface area contributed by atoms with Gasteiger partial charge in [-0.2, -0.15) is 0 Å². The topological polar surface area (TPSA) is 26.8 Å². The number of carbonyl (C=O) groups is 1. The molecule has 30 heavy (non-hydrogen) atoms. The highest BCUT2D eigenvalue weighted by Gasteiger charge is 2.40. The predicted octanol–water partition coefficient (Wildman–Crippen LogP) is 4.69. The smallest absolute Gasteiger partial charge is 0.241 e. The van der Waals surface area contributed by atoms with Crippen molar-refractivity contribution in [1.29, 1.82) is 0 Å². The van der Waals surface area contributed by atoms with Gasteiger partial charge in [0.05, 0.1) is 6.54 Å². The number of benzene rings is 2. The number of para-hydroxylation sites is 1. The van der Waals surface area contributed by atoms with Gasteiger partial charge in [0.15, 0.2) is 0 Å². The Hall–Kier alpha value is -2.11. The van der Waals surface area contributed by atoms with Gasteiger partial charge in [-0.25, -0.2) is 4.39 Å². The zero-order valence-corrected chi connectivity index (χ0v) is 18.8. The molecule has 2 aliphatic rings. The van der Waals surface area contributed by atoms with Crippen LogP contribution in [0.2, 0.25) is 0 Å². The molecule has 0 saturated carbocycles. The molecule has 2 aromatic carbocycles. The number of nitrogens with zero attached hydrogens (tertiary/aromatic N) is 3. The van der Waals surface area contributed by atoms with Crippen LogP contribution in [-0.2, 0) is 4.79 Å². The quantitative estimate of drug-likeness (QED) is 0.705. The maximum atomic E-state index is 13.8. The number of amides is 1. The number of piperazine rings is 1. The van der Waals surface area contributed by atoms with Gasteiger partial charge in [-0.05, 0) is 62.1 Å². The van der Waals surface area contributed by atoms with Crippen LogP contribution in [0, 0.1) is 5.82 Å². The van der Waals surface area contributed by atoms with Crippen LogP contribution in [0.1, 0.15) is 38.7 Å². The molecule has 2 aliphatic heterocycles. The maximum absolute atomic E-state index is 13.8. The number of halogens is 2. The monoisotopic (exact) mass is 431 g/mol. The lowest BCUT2D eigenvalue weighted by molar-refractivity contribution is -0.121. The summed E-state index contributed by atoms with van der Waals surface area (Å²) in [6.07, 6.45) is 0.830. The summed E-state index contributed by atoms with van der Waals surface area (Å²) in [5.41, 5.74) is 2.75. The second-order valence-corrected chi connectivity index (χ2v) is 8.95. The number of rotatable bonds is 3. The summed E-state index contributed by atoms with van der Waals surface area (Å²) in [5, 5.41) is 0. The molecule has 1 atom stereocenters. The third-order valence-corrected chi connectivity index (χ3v) is 6.27. The zero-order chi connectivity index (χ0) is 20.6. The van der Waals surface area contributed by atoms with Crippen molar-refractivity contribution >= 4 is 29.7 Å². The van der Waals surface area contributed by atoms with Gasteiger partial charge in [0.2, 0.25) is 5.91 Å². The van der Waals surface area contributed by atoms with E-state index < -0.39 is 0 Å². The normalized spacial score (nSPS) is 21.0. The summed E-state index contributed by atoms with van der Waals surface area (Å²) in [5.74, 6) is 0.0943. The second kappa shape index (κ2) is 8.94. The Balaban J connectivity index is 0.00000256. The first-order chi connectivity index (χ1) is 13.8. The lowest BCUT2D eigenvalue weighted by Crippen LogP contribution is -2.56. The highest BCUT2D eigenvalue weighted by molar-refractivity contribution is 5.97. The first kappa shape index (κ1) is 22.6. The number of carbonyl (C=O) groups excluding carboxylic acids is 1. The Kier molecular flexibility index (Phi) is 6.73. The van der Waals surface area contributed by atoms with Crippen molar-refractivity contribution in [3.8, 4) is 0 Å². The molecule has 1 amide bonds. The van der Waals surface area contributed by atoms with Crippen molar-refractivity contribution in [2.45, 2.75) is 38.6 Å². The molecule has 0 aromatic heterocycles. The van der Waals surface area contributed by atoms with Gasteiger partial charge >= 0.3 is 0 Å². The van der Waals surface area contributed by atoms with E-state index in [1.165, 1.54) is 11.8 Å². The molecular weight excluding hydrogens is 401 g/mol. The van der Waals surface area contributed by atoms with Crippen LogP contribution < -0.4 is 9.80 Å². The Bertz CT molecular complexity index is 881. The molecule has 0 radical (unpaired) electrons. The molecule has 0 bridgehead atoms. The molecule has 0 aliphatic carbocycles. The van der Waals surface area contributed by atoms with Gasteiger partial charge in [0.25, 0.3) is 0 Å². The molecule has 1 saturated heterocycles. The Morgan fingerprint density at radius 3 is 2.40 bits per heavy atom. The maximum Gasteiger partial charge on any atom is 0.241 e. The van der Waals surface area contributed by atoms with Crippen molar-refractivity contribution in [2.24, 2.45) is 0 Å². The molecule has 2 heterocycles. The van der Waals surface area contributed by atoms with Crippen LogP contribution in [0.3, 0.4) is 0 Å². The highest BCUT2D eigenvalue weighted by Crippen LogP contribution is 2.43. The Morgan fingerprint density at radius 2 is 1.73 bits per heavy atom. The molecule has 1 fully saturated rings. The van der Waals surface area contributed by atoms with E-state index in [-0.39, 0.29) is 35.6 Å². The largest absolute Gasteiger partial charge is 0.369 e. The van der Waals surface area contributed by atoms with Crippen molar-refractivity contribution in [3.05, 3.63) is 59.9 Å². The molecule has 2 aromatic rings. The van der Waals surface area contributed by atoms with Gasteiger partial charge in [-0.3, -0.25) is 9.69 Å². The molecule has 4 rings (SSSR count). The third-order valence-electron chi connectivity index (χ3n) is 6.27. The van der Waals surface area contributed by atoms with Crippen LogP contribution in [0.4, 0.5) is 15.8 Å². The first-order valence-electron chi connectivity index (χ1n) is 10.5. The minimum atomic E-state index is -0.285. The fourth-order valence-electron chi connectivity index (χ4n) is 4.94. The predicted molar refractivity (Wildman–Crippen MR) is 123 cm³/mol. The van der Waals surface area contributed by atoms with E-state index in [1.807, 2.05) is 11.0 Å². The van der Waals surface area contributed by atoms with E-state index in [0.29, 0.717) is 6.54 Å². The van der Waals surface area contributed by atoms with Crippen LogP contribution in [0.15, 0.2) is 48.5 Å². The average molecular weight is 432 g/mol. The number of fused-ring (bicyclic) bond motifs is 1.